The number of ether oxygens (including phenoxy) is 2. The van der Waals surface area contributed by atoms with Crippen LogP contribution in [0.4, 0.5) is 4.39 Å². The van der Waals surface area contributed by atoms with Crippen LogP contribution in [0.2, 0.25) is 0 Å². The molecule has 8 heteroatoms. The van der Waals surface area contributed by atoms with Gasteiger partial charge in [0.05, 0.1) is 6.54 Å². The zero-order valence-electron chi connectivity index (χ0n) is 23.6. The van der Waals surface area contributed by atoms with E-state index in [1.165, 1.54) is 34.6 Å². The zero-order valence-corrected chi connectivity index (χ0v) is 24.4. The van der Waals surface area contributed by atoms with E-state index in [1.54, 1.807) is 5.38 Å². The Kier molecular flexibility index (Phi) is 9.06. The molecule has 1 aromatic heterocycles. The molecular formula is C35H32FN3O3S. The third kappa shape index (κ3) is 7.46. The van der Waals surface area contributed by atoms with Crippen molar-refractivity contribution in [2.75, 3.05) is 13.3 Å². The number of hydrogen-bond donors (Lipinski definition) is 1. The quantitative estimate of drug-likeness (QED) is 0.166. The Morgan fingerprint density at radius 1 is 0.860 bits per heavy atom. The number of hydrogen-bond acceptors (Lipinski definition) is 6. The SMILES string of the molecule is O=C(NCc1ccc2c(c1)OCO2)c1csc(CN(CCC(c2ccccc2)c2ccccc2)Cc2ccc(F)cc2)n1. The normalized spacial score (nSPS) is 12.2. The molecule has 0 unspecified atom stereocenters. The predicted octanol–water partition coefficient (Wildman–Crippen LogP) is 7.17. The summed E-state index contributed by atoms with van der Waals surface area (Å²) in [7, 11) is 0. The lowest BCUT2D eigenvalue weighted by atomic mass is 9.88. The topological polar surface area (TPSA) is 63.7 Å². The summed E-state index contributed by atoms with van der Waals surface area (Å²) in [6, 6.07) is 33.4. The number of rotatable bonds is 12. The summed E-state index contributed by atoms with van der Waals surface area (Å²) in [5, 5.41) is 5.61. The first-order chi connectivity index (χ1) is 21.1. The molecule has 1 amide bonds. The molecule has 1 N–H and O–H groups in total. The van der Waals surface area contributed by atoms with Gasteiger partial charge in [0, 0.05) is 24.4 Å². The van der Waals surface area contributed by atoms with Crippen LogP contribution >= 0.6 is 11.3 Å². The smallest absolute Gasteiger partial charge is 0.271 e. The van der Waals surface area contributed by atoms with Gasteiger partial charge in [-0.15, -0.1) is 11.3 Å². The number of thiazole rings is 1. The summed E-state index contributed by atoms with van der Waals surface area (Å²) in [6.07, 6.45) is 0.892. The Morgan fingerprint density at radius 3 is 2.26 bits per heavy atom. The van der Waals surface area contributed by atoms with E-state index in [0.717, 1.165) is 29.1 Å². The van der Waals surface area contributed by atoms with E-state index in [9.17, 15) is 9.18 Å². The van der Waals surface area contributed by atoms with Gasteiger partial charge < -0.3 is 14.8 Å². The molecule has 0 bridgehead atoms. The van der Waals surface area contributed by atoms with E-state index in [-0.39, 0.29) is 24.4 Å². The number of benzene rings is 4. The molecule has 0 fully saturated rings. The van der Waals surface area contributed by atoms with E-state index in [2.05, 4.69) is 63.7 Å². The summed E-state index contributed by atoms with van der Waals surface area (Å²) in [5.74, 6) is 1.15. The number of carbonyl (C=O) groups excluding carboxylic acids is 1. The fourth-order valence-corrected chi connectivity index (χ4v) is 6.09. The minimum Gasteiger partial charge on any atom is -0.454 e. The molecule has 5 aromatic rings. The van der Waals surface area contributed by atoms with Crippen molar-refractivity contribution < 1.29 is 18.7 Å². The summed E-state index contributed by atoms with van der Waals surface area (Å²) in [5.41, 5.74) is 4.88. The van der Waals surface area contributed by atoms with Crippen molar-refractivity contribution in [2.45, 2.75) is 32.0 Å². The van der Waals surface area contributed by atoms with Gasteiger partial charge in [0.15, 0.2) is 11.5 Å². The number of carbonyl (C=O) groups is 1. The maximum atomic E-state index is 13.6. The van der Waals surface area contributed by atoms with E-state index in [1.807, 2.05) is 42.5 Å². The van der Waals surface area contributed by atoms with Crippen molar-refractivity contribution in [1.29, 1.82) is 0 Å². The first kappa shape index (κ1) is 28.6. The Hall–Kier alpha value is -4.53. The summed E-state index contributed by atoms with van der Waals surface area (Å²) in [4.78, 5) is 19.9. The van der Waals surface area contributed by atoms with Crippen LogP contribution < -0.4 is 14.8 Å². The monoisotopic (exact) mass is 593 g/mol. The van der Waals surface area contributed by atoms with E-state index < -0.39 is 0 Å². The summed E-state index contributed by atoms with van der Waals surface area (Å²) >= 11 is 1.47. The number of nitrogens with zero attached hydrogens (tertiary/aromatic N) is 2. The molecule has 218 valence electrons. The van der Waals surface area contributed by atoms with Crippen molar-refractivity contribution in [3.05, 3.63) is 147 Å². The second kappa shape index (κ2) is 13.6. The second-order valence-corrected chi connectivity index (χ2v) is 11.4. The Morgan fingerprint density at radius 2 is 1.53 bits per heavy atom. The maximum absolute atomic E-state index is 13.6. The molecule has 6 nitrogen and oxygen atoms in total. The first-order valence-electron chi connectivity index (χ1n) is 14.3. The molecule has 0 radical (unpaired) electrons. The van der Waals surface area contributed by atoms with Gasteiger partial charge in [-0.2, -0.15) is 0 Å². The van der Waals surface area contributed by atoms with Crippen molar-refractivity contribution >= 4 is 17.2 Å². The lowest BCUT2D eigenvalue weighted by molar-refractivity contribution is 0.0946. The zero-order chi connectivity index (χ0) is 29.4. The second-order valence-electron chi connectivity index (χ2n) is 10.5. The van der Waals surface area contributed by atoms with Crippen LogP contribution in [0.3, 0.4) is 0 Å². The van der Waals surface area contributed by atoms with Crippen LogP contribution in [0.5, 0.6) is 11.5 Å². The molecule has 0 saturated heterocycles. The highest BCUT2D eigenvalue weighted by Crippen LogP contribution is 2.32. The fraction of sp³-hybridized carbons (Fsp3) is 0.200. The summed E-state index contributed by atoms with van der Waals surface area (Å²) in [6.45, 7) is 2.58. The number of nitrogens with one attached hydrogen (secondary N) is 1. The van der Waals surface area contributed by atoms with E-state index >= 15 is 0 Å². The minimum absolute atomic E-state index is 0.212. The van der Waals surface area contributed by atoms with Gasteiger partial charge in [-0.3, -0.25) is 9.69 Å². The molecule has 1 aliphatic rings. The highest BCUT2D eigenvalue weighted by atomic mass is 32.1. The molecule has 0 aliphatic carbocycles. The van der Waals surface area contributed by atoms with Gasteiger partial charge >= 0.3 is 0 Å². The maximum Gasteiger partial charge on any atom is 0.271 e. The van der Waals surface area contributed by atoms with Crippen LogP contribution in [-0.4, -0.2) is 29.1 Å². The number of amides is 1. The lowest BCUT2D eigenvalue weighted by Crippen LogP contribution is -2.26. The van der Waals surface area contributed by atoms with Crippen LogP contribution in [0.1, 0.15) is 50.1 Å². The fourth-order valence-electron chi connectivity index (χ4n) is 5.27. The summed E-state index contributed by atoms with van der Waals surface area (Å²) < 4.78 is 24.4. The predicted molar refractivity (Wildman–Crippen MR) is 166 cm³/mol. The van der Waals surface area contributed by atoms with Crippen molar-refractivity contribution in [2.24, 2.45) is 0 Å². The molecule has 2 heterocycles. The van der Waals surface area contributed by atoms with Crippen molar-refractivity contribution in [3.8, 4) is 11.5 Å². The van der Waals surface area contributed by atoms with E-state index in [0.29, 0.717) is 36.8 Å². The van der Waals surface area contributed by atoms with Gasteiger partial charge in [0.2, 0.25) is 6.79 Å². The number of aromatic nitrogens is 1. The number of fused-ring (bicyclic) bond motifs is 1. The highest BCUT2D eigenvalue weighted by molar-refractivity contribution is 7.09. The van der Waals surface area contributed by atoms with Crippen molar-refractivity contribution in [1.82, 2.24) is 15.2 Å². The standard InChI is InChI=1S/C35H32FN3O3S/c36-29-14-11-25(12-15-29)21-39(18-17-30(27-7-3-1-4-8-27)28-9-5-2-6-10-28)22-34-38-31(23-43-34)35(40)37-20-26-13-16-32-33(19-26)42-24-41-32/h1-16,19,23,30H,17-18,20-22,24H2,(H,37,40). The van der Waals surface area contributed by atoms with Gasteiger partial charge in [-0.05, 0) is 59.5 Å². The lowest BCUT2D eigenvalue weighted by Gasteiger charge is -2.25. The Bertz CT molecular complexity index is 1610. The minimum atomic E-state index is -0.250. The third-order valence-corrected chi connectivity index (χ3v) is 8.32. The largest absolute Gasteiger partial charge is 0.454 e. The molecule has 43 heavy (non-hydrogen) atoms. The molecule has 0 spiro atoms. The van der Waals surface area contributed by atoms with Crippen LogP contribution in [0.25, 0.3) is 0 Å². The molecule has 4 aromatic carbocycles. The molecule has 0 saturated carbocycles. The highest BCUT2D eigenvalue weighted by Gasteiger charge is 2.19. The Balaban J connectivity index is 1.14. The molecule has 1 aliphatic heterocycles. The number of halogens is 1. The average molecular weight is 594 g/mol. The molecular weight excluding hydrogens is 561 g/mol. The third-order valence-electron chi connectivity index (χ3n) is 7.49. The van der Waals surface area contributed by atoms with Gasteiger partial charge in [0.1, 0.15) is 16.5 Å². The average Bonchev–Trinajstić information content (AvgIpc) is 3.72. The van der Waals surface area contributed by atoms with E-state index in [4.69, 9.17) is 9.47 Å². The van der Waals surface area contributed by atoms with Gasteiger partial charge in [-0.1, -0.05) is 78.9 Å². The molecule has 6 rings (SSSR count). The molecule has 0 atom stereocenters. The van der Waals surface area contributed by atoms with Crippen LogP contribution in [0.15, 0.2) is 109 Å². The van der Waals surface area contributed by atoms with Crippen LogP contribution in [-0.2, 0) is 19.6 Å². The first-order valence-corrected chi connectivity index (χ1v) is 15.2. The van der Waals surface area contributed by atoms with Gasteiger partial charge in [0.25, 0.3) is 5.91 Å². The van der Waals surface area contributed by atoms with Crippen molar-refractivity contribution in [3.63, 3.8) is 0 Å². The Labute approximate surface area is 254 Å². The van der Waals surface area contributed by atoms with Crippen LogP contribution in [0, 0.1) is 5.82 Å². The van der Waals surface area contributed by atoms with Gasteiger partial charge in [-0.25, -0.2) is 9.37 Å².